The zero-order chi connectivity index (χ0) is 38.6. The molecule has 1 heterocycles. The maximum atomic E-state index is 2.62. The van der Waals surface area contributed by atoms with Crippen molar-refractivity contribution in [3.63, 3.8) is 0 Å². The van der Waals surface area contributed by atoms with Crippen LogP contribution in [0.3, 0.4) is 0 Å². The number of anilines is 3. The molecule has 0 amide bonds. The van der Waals surface area contributed by atoms with Crippen LogP contribution in [0.2, 0.25) is 0 Å². The maximum Gasteiger partial charge on any atom is 0.0540 e. The molecule has 56 heavy (non-hydrogen) atoms. The summed E-state index contributed by atoms with van der Waals surface area (Å²) in [5.74, 6) is 0.628. The van der Waals surface area contributed by atoms with E-state index < -0.39 is 0 Å². The van der Waals surface area contributed by atoms with Gasteiger partial charge in [0.15, 0.2) is 0 Å². The number of hydrogen-bond donors (Lipinski definition) is 0. The van der Waals surface area contributed by atoms with Crippen LogP contribution in [0.5, 0.6) is 0 Å². The largest absolute Gasteiger partial charge is 0.309 e. The lowest BCUT2D eigenvalue weighted by Crippen LogP contribution is -2.35. The minimum Gasteiger partial charge on any atom is -0.309 e. The fraction of sp³-hybridized carbons (Fsp3) is 0.296. The molecule has 0 N–H and O–H groups in total. The van der Waals surface area contributed by atoms with E-state index in [-0.39, 0.29) is 10.8 Å². The Labute approximate surface area is 338 Å². The highest BCUT2D eigenvalue weighted by atomic mass is 32.1. The molecule has 7 aromatic rings. The quantitative estimate of drug-likeness (QED) is 0.164. The molecule has 0 atom stereocenters. The first-order chi connectivity index (χ1) is 27.1. The molecular formula is C54H55NS. The third-order valence-corrected chi connectivity index (χ3v) is 13.6. The smallest absolute Gasteiger partial charge is 0.0540 e. The van der Waals surface area contributed by atoms with Gasteiger partial charge in [0, 0.05) is 37.0 Å². The van der Waals surface area contributed by atoms with Crippen molar-refractivity contribution in [2.24, 2.45) is 0 Å². The van der Waals surface area contributed by atoms with Gasteiger partial charge in [-0.1, -0.05) is 158 Å². The predicted molar refractivity (Wildman–Crippen MR) is 245 cm³/mol. The molecule has 0 bridgehead atoms. The van der Waals surface area contributed by atoms with E-state index in [9.17, 15) is 0 Å². The summed E-state index contributed by atoms with van der Waals surface area (Å²) < 4.78 is 2.66. The van der Waals surface area contributed by atoms with Crippen LogP contribution in [0.15, 0.2) is 127 Å². The Morgan fingerprint density at radius 1 is 0.571 bits per heavy atom. The van der Waals surface area contributed by atoms with Crippen molar-refractivity contribution in [3.8, 4) is 11.1 Å². The van der Waals surface area contributed by atoms with Gasteiger partial charge >= 0.3 is 0 Å². The highest BCUT2D eigenvalue weighted by molar-refractivity contribution is 7.25. The molecule has 0 saturated heterocycles. The molecule has 0 spiro atoms. The van der Waals surface area contributed by atoms with E-state index in [1.807, 2.05) is 11.3 Å². The molecule has 0 unspecified atom stereocenters. The number of rotatable bonds is 6. The van der Waals surface area contributed by atoms with E-state index >= 15 is 0 Å². The Kier molecular flexibility index (Phi) is 9.53. The monoisotopic (exact) mass is 749 g/mol. The van der Waals surface area contributed by atoms with Crippen molar-refractivity contribution in [3.05, 3.63) is 160 Å². The zero-order valence-electron chi connectivity index (χ0n) is 34.1. The number of fused-ring (bicyclic) bond motifs is 4. The molecule has 6 aromatic carbocycles. The molecule has 0 radical (unpaired) electrons. The second-order valence-corrected chi connectivity index (χ2v) is 19.4. The number of hydrogen-bond acceptors (Lipinski definition) is 2. The van der Waals surface area contributed by atoms with Gasteiger partial charge in [0.2, 0.25) is 0 Å². The summed E-state index contributed by atoms with van der Waals surface area (Å²) in [7, 11) is 0. The average molecular weight is 750 g/mol. The van der Waals surface area contributed by atoms with E-state index in [1.165, 1.54) is 113 Å². The summed E-state index contributed by atoms with van der Waals surface area (Å²) in [5.41, 5.74) is 13.3. The van der Waals surface area contributed by atoms with Crippen molar-refractivity contribution in [2.75, 3.05) is 4.90 Å². The van der Waals surface area contributed by atoms with Gasteiger partial charge < -0.3 is 4.90 Å². The second-order valence-electron chi connectivity index (χ2n) is 18.3. The first kappa shape index (κ1) is 36.7. The Morgan fingerprint density at radius 2 is 1.18 bits per heavy atom. The first-order valence-electron chi connectivity index (χ1n) is 20.9. The van der Waals surface area contributed by atoms with Gasteiger partial charge in [-0.05, 0) is 117 Å². The highest BCUT2D eigenvalue weighted by Gasteiger charge is 2.28. The molecule has 2 aliphatic rings. The summed E-state index contributed by atoms with van der Waals surface area (Å²) in [6, 6.07) is 48.8. The van der Waals surface area contributed by atoms with E-state index in [0.717, 1.165) is 12.8 Å². The number of para-hydroxylation sites is 2. The van der Waals surface area contributed by atoms with Gasteiger partial charge in [-0.15, -0.1) is 11.3 Å². The molecule has 2 heteroatoms. The summed E-state index contributed by atoms with van der Waals surface area (Å²) in [6.07, 6.45) is 11.2. The van der Waals surface area contributed by atoms with Crippen LogP contribution in [-0.4, -0.2) is 0 Å². The van der Waals surface area contributed by atoms with Crippen LogP contribution < -0.4 is 15.3 Å². The molecular weight excluding hydrogens is 695 g/mol. The van der Waals surface area contributed by atoms with Gasteiger partial charge in [-0.25, -0.2) is 0 Å². The standard InChI is InChI=1S/C54H55NS/c1-53(2,3)38-33-39(54(4,5)6)35-40(34-38)55(48-30-14-11-24-43(48)45-28-18-32-50-52(45)46-25-12-15-31-49(46)56-50)47-29-13-10-23-42(47)44-27-17-22-37-21-16-26-41(51(37)44)36-19-8-7-9-20-36/h10-16,18,21-26,28-36H,7-9,17,19-20,27H2,1-6H3. The lowest BCUT2D eigenvalue weighted by atomic mass is 9.79. The Bertz CT molecular complexity index is 2670. The van der Waals surface area contributed by atoms with Crippen LogP contribution >= 0.6 is 11.3 Å². The minimum atomic E-state index is -0.0241. The van der Waals surface area contributed by atoms with E-state index in [1.54, 1.807) is 5.56 Å². The summed E-state index contributed by atoms with van der Waals surface area (Å²) >= 11 is 1.89. The van der Waals surface area contributed by atoms with Crippen LogP contribution in [0.4, 0.5) is 17.1 Å². The van der Waals surface area contributed by atoms with Crippen LogP contribution in [-0.2, 0) is 10.8 Å². The normalized spacial score (nSPS) is 15.2. The van der Waals surface area contributed by atoms with Gasteiger partial charge in [0.1, 0.15) is 0 Å². The molecule has 282 valence electrons. The Hall–Kier alpha value is -4.92. The molecule has 9 rings (SSSR count). The molecule has 1 saturated carbocycles. The highest BCUT2D eigenvalue weighted by Crippen LogP contribution is 2.48. The Balaban J connectivity index is 1.37. The summed E-state index contributed by atoms with van der Waals surface area (Å²) in [6.45, 7) is 14.1. The molecule has 1 nitrogen and oxygen atoms in total. The topological polar surface area (TPSA) is 3.24 Å². The van der Waals surface area contributed by atoms with Crippen LogP contribution in [0.1, 0.15) is 115 Å². The number of benzene rings is 6. The second kappa shape index (κ2) is 14.5. The van der Waals surface area contributed by atoms with Gasteiger partial charge in [0.25, 0.3) is 0 Å². The van der Waals surface area contributed by atoms with Crippen molar-refractivity contribution in [1.82, 2.24) is 0 Å². The van der Waals surface area contributed by atoms with Gasteiger partial charge in [-0.3, -0.25) is 0 Å². The lowest BCUT2D eigenvalue weighted by molar-refractivity contribution is 0.442. The van der Waals surface area contributed by atoms with Crippen molar-refractivity contribution < 1.29 is 0 Å². The Morgan fingerprint density at radius 3 is 1.91 bits per heavy atom. The fourth-order valence-electron chi connectivity index (χ4n) is 9.46. The van der Waals surface area contributed by atoms with Crippen LogP contribution in [0.25, 0.3) is 42.9 Å². The molecule has 0 aliphatic heterocycles. The molecule has 1 aromatic heterocycles. The summed E-state index contributed by atoms with van der Waals surface area (Å²) in [5, 5.41) is 5.59. The van der Waals surface area contributed by atoms with E-state index in [0.29, 0.717) is 5.92 Å². The maximum absolute atomic E-state index is 2.62. The van der Waals surface area contributed by atoms with Crippen molar-refractivity contribution in [2.45, 2.75) is 103 Å². The van der Waals surface area contributed by atoms with Crippen molar-refractivity contribution in [1.29, 1.82) is 0 Å². The van der Waals surface area contributed by atoms with Gasteiger partial charge in [0.05, 0.1) is 11.4 Å². The average Bonchev–Trinajstić information content (AvgIpc) is 3.60. The summed E-state index contributed by atoms with van der Waals surface area (Å²) in [4.78, 5) is 2.62. The van der Waals surface area contributed by atoms with Gasteiger partial charge in [-0.2, -0.15) is 0 Å². The number of nitrogens with zero attached hydrogens (tertiary/aromatic N) is 1. The van der Waals surface area contributed by atoms with E-state index in [2.05, 4.69) is 180 Å². The molecule has 1 fully saturated rings. The predicted octanol–water partition coefficient (Wildman–Crippen LogP) is 14.6. The minimum absolute atomic E-state index is 0.0241. The lowest BCUT2D eigenvalue weighted by Gasteiger charge is -2.34. The number of thiophene rings is 1. The third-order valence-electron chi connectivity index (χ3n) is 12.5. The van der Waals surface area contributed by atoms with E-state index in [4.69, 9.17) is 0 Å². The molecule has 2 aliphatic carbocycles. The van der Waals surface area contributed by atoms with Crippen molar-refractivity contribution >= 4 is 60.2 Å². The SMILES string of the molecule is CC(C)(C)c1cc(N(c2ccccc2C2=c3c(C4CCCCC4)cccc3=CCC2)c2ccccc2-c2cccc3sc4ccccc4c23)cc(C(C)(C)C)c1. The first-order valence-corrected chi connectivity index (χ1v) is 21.8. The zero-order valence-corrected chi connectivity index (χ0v) is 34.9. The third kappa shape index (κ3) is 6.71. The fourth-order valence-corrected chi connectivity index (χ4v) is 10.6. The van der Waals surface area contributed by atoms with Crippen LogP contribution in [0, 0.1) is 0 Å².